The highest BCUT2D eigenvalue weighted by molar-refractivity contribution is 6.30. The molecule has 0 bridgehead atoms. The van der Waals surface area contributed by atoms with Crippen molar-refractivity contribution in [2.75, 3.05) is 24.6 Å². The van der Waals surface area contributed by atoms with Crippen LogP contribution in [0.2, 0.25) is 5.02 Å². The van der Waals surface area contributed by atoms with Gasteiger partial charge in [-0.3, -0.25) is 4.79 Å². The Balaban J connectivity index is 1.45. The molecule has 0 saturated carbocycles. The van der Waals surface area contributed by atoms with Crippen molar-refractivity contribution < 1.29 is 14.2 Å². The van der Waals surface area contributed by atoms with Gasteiger partial charge in [0.1, 0.15) is 23.8 Å². The van der Waals surface area contributed by atoms with E-state index in [0.29, 0.717) is 47.9 Å². The number of aromatic nitrogens is 1. The van der Waals surface area contributed by atoms with Crippen LogP contribution < -0.4 is 15.2 Å². The van der Waals surface area contributed by atoms with Gasteiger partial charge in [-0.15, -0.1) is 0 Å². The smallest absolute Gasteiger partial charge is 0.252 e. The van der Waals surface area contributed by atoms with Gasteiger partial charge in [0, 0.05) is 29.6 Å². The van der Waals surface area contributed by atoms with Gasteiger partial charge in [0.15, 0.2) is 0 Å². The highest BCUT2D eigenvalue weighted by atomic mass is 35.5. The molecule has 2 aromatic carbocycles. The van der Waals surface area contributed by atoms with E-state index in [0.717, 1.165) is 5.39 Å². The van der Waals surface area contributed by atoms with Crippen LogP contribution in [0.15, 0.2) is 53.3 Å². The SMILES string of the molecule is O=c1cc(OCC2(O)CCN(c3ccc(Cl)cc3F)CC2)c2ccccc2[nH]1. The summed E-state index contributed by atoms with van der Waals surface area (Å²) in [4.78, 5) is 16.5. The molecular weight excluding hydrogens is 383 g/mol. The minimum absolute atomic E-state index is 0.0669. The summed E-state index contributed by atoms with van der Waals surface area (Å²) in [5.74, 6) is 0.0723. The Morgan fingerprint density at radius 1 is 1.18 bits per heavy atom. The topological polar surface area (TPSA) is 65.6 Å². The minimum atomic E-state index is -1.04. The number of aromatic amines is 1. The standard InChI is InChI=1S/C21H20ClFN2O3/c22-14-5-6-18(16(23)11-14)25-9-7-21(27,8-10-25)13-28-19-12-20(26)24-17-4-2-1-3-15(17)19/h1-6,11-12,27H,7-10,13H2,(H,24,26). The normalized spacial score (nSPS) is 16.3. The Hall–Kier alpha value is -2.57. The zero-order chi connectivity index (χ0) is 19.7. The van der Waals surface area contributed by atoms with Crippen LogP contribution in [0, 0.1) is 5.82 Å². The van der Waals surface area contributed by atoms with E-state index in [4.69, 9.17) is 16.3 Å². The van der Waals surface area contributed by atoms with Gasteiger partial charge in [0.2, 0.25) is 0 Å². The summed E-state index contributed by atoms with van der Waals surface area (Å²) in [7, 11) is 0. The fraction of sp³-hybridized carbons (Fsp3) is 0.286. The number of fused-ring (bicyclic) bond motifs is 1. The van der Waals surface area contributed by atoms with E-state index in [1.807, 2.05) is 23.1 Å². The quantitative estimate of drug-likeness (QED) is 0.698. The number of hydrogen-bond acceptors (Lipinski definition) is 4. The van der Waals surface area contributed by atoms with E-state index >= 15 is 0 Å². The number of halogens is 2. The van der Waals surface area contributed by atoms with E-state index < -0.39 is 5.60 Å². The predicted octanol–water partition coefficient (Wildman–Crippen LogP) is 3.73. The van der Waals surface area contributed by atoms with Crippen molar-refractivity contribution in [2.24, 2.45) is 0 Å². The second kappa shape index (κ2) is 7.45. The van der Waals surface area contributed by atoms with Crippen LogP contribution in [0.3, 0.4) is 0 Å². The summed E-state index contributed by atoms with van der Waals surface area (Å²) in [6.07, 6.45) is 0.854. The molecule has 4 rings (SSSR count). The number of ether oxygens (including phenoxy) is 1. The van der Waals surface area contributed by atoms with Crippen LogP contribution in [0.5, 0.6) is 5.75 Å². The Labute approximate surface area is 166 Å². The summed E-state index contributed by atoms with van der Waals surface area (Å²) in [6.45, 7) is 1.06. The summed E-state index contributed by atoms with van der Waals surface area (Å²) in [5, 5.41) is 12.0. The van der Waals surface area contributed by atoms with E-state index in [9.17, 15) is 14.3 Å². The summed E-state index contributed by atoms with van der Waals surface area (Å²) in [6, 6.07) is 13.3. The molecule has 146 valence electrons. The Bertz CT molecular complexity index is 1060. The molecule has 7 heteroatoms. The van der Waals surface area contributed by atoms with Crippen LogP contribution in [-0.4, -0.2) is 35.4 Å². The Morgan fingerprint density at radius 2 is 1.93 bits per heavy atom. The van der Waals surface area contributed by atoms with Crippen LogP contribution in [0.1, 0.15) is 12.8 Å². The number of H-pyrrole nitrogens is 1. The van der Waals surface area contributed by atoms with E-state index in [-0.39, 0.29) is 18.0 Å². The molecule has 1 aliphatic heterocycles. The summed E-state index contributed by atoms with van der Waals surface area (Å²) in [5.41, 5.74) is -0.130. The molecule has 1 saturated heterocycles. The molecule has 1 fully saturated rings. The molecule has 0 unspecified atom stereocenters. The number of rotatable bonds is 4. The first-order valence-corrected chi connectivity index (χ1v) is 9.49. The van der Waals surface area contributed by atoms with Crippen LogP contribution in [-0.2, 0) is 0 Å². The van der Waals surface area contributed by atoms with Crippen molar-refractivity contribution in [3.8, 4) is 5.75 Å². The molecule has 0 amide bonds. The molecule has 28 heavy (non-hydrogen) atoms. The van der Waals surface area contributed by atoms with Crippen molar-refractivity contribution in [2.45, 2.75) is 18.4 Å². The lowest BCUT2D eigenvalue weighted by Gasteiger charge is -2.39. The first-order valence-electron chi connectivity index (χ1n) is 9.11. The number of nitrogens with zero attached hydrogens (tertiary/aromatic N) is 1. The van der Waals surface area contributed by atoms with Crippen molar-refractivity contribution >= 4 is 28.2 Å². The molecule has 1 aromatic heterocycles. The number of para-hydroxylation sites is 1. The fourth-order valence-corrected chi connectivity index (χ4v) is 3.71. The number of benzene rings is 2. The second-order valence-corrected chi connectivity index (χ2v) is 7.58. The molecule has 0 aliphatic carbocycles. The van der Waals surface area contributed by atoms with Gasteiger partial charge in [-0.2, -0.15) is 0 Å². The average Bonchev–Trinajstić information content (AvgIpc) is 2.67. The summed E-state index contributed by atoms with van der Waals surface area (Å²) >= 11 is 5.81. The maximum atomic E-state index is 14.1. The predicted molar refractivity (Wildman–Crippen MR) is 108 cm³/mol. The van der Waals surface area contributed by atoms with Gasteiger partial charge < -0.3 is 19.7 Å². The molecule has 0 radical (unpaired) electrons. The zero-order valence-electron chi connectivity index (χ0n) is 15.1. The van der Waals surface area contributed by atoms with Crippen molar-refractivity contribution in [3.63, 3.8) is 0 Å². The zero-order valence-corrected chi connectivity index (χ0v) is 15.9. The first kappa shape index (κ1) is 18.8. The first-order chi connectivity index (χ1) is 13.4. The molecule has 1 aliphatic rings. The van der Waals surface area contributed by atoms with E-state index in [2.05, 4.69) is 4.98 Å². The van der Waals surface area contributed by atoms with Gasteiger partial charge in [-0.25, -0.2) is 4.39 Å². The van der Waals surface area contributed by atoms with E-state index in [1.54, 1.807) is 18.2 Å². The number of pyridine rings is 1. The highest BCUT2D eigenvalue weighted by Gasteiger charge is 2.34. The molecule has 2 N–H and O–H groups in total. The number of nitrogens with one attached hydrogen (secondary N) is 1. The van der Waals surface area contributed by atoms with Crippen LogP contribution >= 0.6 is 11.6 Å². The monoisotopic (exact) mass is 402 g/mol. The molecule has 5 nitrogen and oxygen atoms in total. The van der Waals surface area contributed by atoms with Gasteiger partial charge in [0.05, 0.1) is 11.2 Å². The van der Waals surface area contributed by atoms with Gasteiger partial charge in [-0.1, -0.05) is 23.7 Å². The highest BCUT2D eigenvalue weighted by Crippen LogP contribution is 2.31. The lowest BCUT2D eigenvalue weighted by Crippen LogP contribution is -2.48. The maximum absolute atomic E-state index is 14.1. The largest absolute Gasteiger partial charge is 0.490 e. The third-order valence-corrected chi connectivity index (χ3v) is 5.39. The van der Waals surface area contributed by atoms with Gasteiger partial charge in [-0.05, 0) is 43.2 Å². The number of anilines is 1. The molecule has 2 heterocycles. The van der Waals surface area contributed by atoms with Crippen LogP contribution in [0.4, 0.5) is 10.1 Å². The van der Waals surface area contributed by atoms with Crippen molar-refractivity contribution in [1.29, 1.82) is 0 Å². The maximum Gasteiger partial charge on any atom is 0.252 e. The number of hydrogen-bond donors (Lipinski definition) is 2. The lowest BCUT2D eigenvalue weighted by atomic mass is 9.92. The molecule has 0 spiro atoms. The fourth-order valence-electron chi connectivity index (χ4n) is 3.55. The third-order valence-electron chi connectivity index (χ3n) is 5.15. The van der Waals surface area contributed by atoms with E-state index in [1.165, 1.54) is 12.1 Å². The van der Waals surface area contributed by atoms with Crippen LogP contribution in [0.25, 0.3) is 10.9 Å². The molecule has 3 aromatic rings. The molecule has 0 atom stereocenters. The van der Waals surface area contributed by atoms with Crippen molar-refractivity contribution in [1.82, 2.24) is 4.98 Å². The average molecular weight is 403 g/mol. The molecular formula is C21H20ClFN2O3. The Morgan fingerprint density at radius 3 is 2.68 bits per heavy atom. The Kier molecular flexibility index (Phi) is 5.00. The second-order valence-electron chi connectivity index (χ2n) is 7.14. The minimum Gasteiger partial charge on any atom is -0.490 e. The van der Waals surface area contributed by atoms with Crippen molar-refractivity contribution in [3.05, 3.63) is 69.7 Å². The summed E-state index contributed by atoms with van der Waals surface area (Å²) < 4.78 is 20.0. The van der Waals surface area contributed by atoms with Gasteiger partial charge >= 0.3 is 0 Å². The lowest BCUT2D eigenvalue weighted by molar-refractivity contribution is -0.0238. The number of aliphatic hydroxyl groups is 1. The third kappa shape index (κ3) is 3.84. The number of piperidine rings is 1. The van der Waals surface area contributed by atoms with Gasteiger partial charge in [0.25, 0.3) is 5.56 Å².